The Morgan fingerprint density at radius 1 is 0.935 bits per heavy atom. The molecule has 31 heavy (non-hydrogen) atoms. The molecule has 5 heteroatoms. The van der Waals surface area contributed by atoms with Crippen molar-refractivity contribution >= 4 is 38.4 Å². The molecule has 156 valence electrons. The zero-order valence-corrected chi connectivity index (χ0v) is 19.3. The number of pyridine rings is 1. The highest BCUT2D eigenvalue weighted by atomic mass is 79.9. The van der Waals surface area contributed by atoms with Crippen LogP contribution in [0.3, 0.4) is 0 Å². The highest BCUT2D eigenvalue weighted by Crippen LogP contribution is 2.26. The fourth-order valence-corrected chi connectivity index (χ4v) is 4.07. The molecule has 4 nitrogen and oxygen atoms in total. The molecule has 1 amide bonds. The fraction of sp³-hybridized carbons (Fsp3) is 0.154. The van der Waals surface area contributed by atoms with E-state index < -0.39 is 0 Å². The van der Waals surface area contributed by atoms with Gasteiger partial charge >= 0.3 is 0 Å². The van der Waals surface area contributed by atoms with Gasteiger partial charge in [-0.3, -0.25) is 9.59 Å². The molecule has 0 saturated heterocycles. The Bertz CT molecular complexity index is 1360. The second kappa shape index (κ2) is 8.52. The second-order valence-corrected chi connectivity index (χ2v) is 8.71. The number of benzene rings is 3. The van der Waals surface area contributed by atoms with Crippen LogP contribution in [-0.4, -0.2) is 10.9 Å². The van der Waals surface area contributed by atoms with E-state index in [1.54, 1.807) is 11.0 Å². The van der Waals surface area contributed by atoms with E-state index in [1.807, 2.05) is 81.4 Å². The number of hydrogen-bond donors (Lipinski definition) is 1. The highest BCUT2D eigenvalue weighted by Gasteiger charge is 2.22. The zero-order chi connectivity index (χ0) is 22.1. The lowest BCUT2D eigenvalue weighted by Gasteiger charge is -2.24. The number of hydrogen-bond acceptors (Lipinski definition) is 2. The van der Waals surface area contributed by atoms with Crippen molar-refractivity contribution in [1.29, 1.82) is 0 Å². The number of nitrogens with zero attached hydrogens (tertiary/aromatic N) is 1. The number of aryl methyl sites for hydroxylation is 3. The minimum atomic E-state index is -0.190. The Morgan fingerprint density at radius 3 is 2.45 bits per heavy atom. The maximum atomic E-state index is 13.6. The van der Waals surface area contributed by atoms with Crippen LogP contribution in [0.25, 0.3) is 10.9 Å². The van der Waals surface area contributed by atoms with Gasteiger partial charge in [-0.15, -0.1) is 0 Å². The molecular weight excluding hydrogens is 452 g/mol. The van der Waals surface area contributed by atoms with Crippen molar-refractivity contribution in [2.45, 2.75) is 27.3 Å². The monoisotopic (exact) mass is 474 g/mol. The van der Waals surface area contributed by atoms with Gasteiger partial charge in [0.2, 0.25) is 0 Å². The minimum Gasteiger partial charge on any atom is -0.322 e. The SMILES string of the molecule is Cc1ccc2[nH]c(=O)c(CN(C(=O)c3ccccc3Br)c3ccc(C)c(C)c3)cc2c1. The lowest BCUT2D eigenvalue weighted by molar-refractivity contribution is 0.0984. The standard InChI is InChI=1S/C26H23BrN2O2/c1-16-8-11-24-19(12-16)14-20(25(30)28-24)15-29(21-10-9-17(2)18(3)13-21)26(31)22-6-4-5-7-23(22)27/h4-14H,15H2,1-3H3,(H,28,30). The summed E-state index contributed by atoms with van der Waals surface area (Å²) >= 11 is 3.49. The van der Waals surface area contributed by atoms with E-state index in [0.29, 0.717) is 11.1 Å². The third-order valence-electron chi connectivity index (χ3n) is 5.56. The van der Waals surface area contributed by atoms with Crippen molar-refractivity contribution < 1.29 is 4.79 Å². The van der Waals surface area contributed by atoms with E-state index in [2.05, 4.69) is 20.9 Å². The van der Waals surface area contributed by atoms with Gasteiger partial charge in [0.05, 0.1) is 12.1 Å². The number of aromatic nitrogens is 1. The molecule has 4 rings (SSSR count). The maximum Gasteiger partial charge on any atom is 0.259 e. The van der Waals surface area contributed by atoms with Crippen LogP contribution < -0.4 is 10.5 Å². The van der Waals surface area contributed by atoms with Crippen molar-refractivity contribution in [3.63, 3.8) is 0 Å². The average Bonchev–Trinajstić information content (AvgIpc) is 2.74. The van der Waals surface area contributed by atoms with Gasteiger partial charge in [0.25, 0.3) is 11.5 Å². The van der Waals surface area contributed by atoms with E-state index in [-0.39, 0.29) is 18.0 Å². The lowest BCUT2D eigenvalue weighted by Crippen LogP contribution is -2.33. The quantitative estimate of drug-likeness (QED) is 0.390. The van der Waals surface area contributed by atoms with Crippen molar-refractivity contribution in [3.05, 3.63) is 109 Å². The van der Waals surface area contributed by atoms with Crippen LogP contribution in [0.15, 0.2) is 76.0 Å². The molecule has 0 atom stereocenters. The van der Waals surface area contributed by atoms with Crippen molar-refractivity contribution in [1.82, 2.24) is 4.98 Å². The van der Waals surface area contributed by atoms with E-state index in [4.69, 9.17) is 0 Å². The molecule has 0 bridgehead atoms. The number of fused-ring (bicyclic) bond motifs is 1. The molecule has 0 aliphatic rings. The van der Waals surface area contributed by atoms with Crippen LogP contribution in [0.1, 0.15) is 32.6 Å². The molecule has 1 heterocycles. The van der Waals surface area contributed by atoms with E-state index in [0.717, 1.165) is 37.8 Å². The summed E-state index contributed by atoms with van der Waals surface area (Å²) in [5.41, 5.74) is 5.79. The van der Waals surface area contributed by atoms with Crippen LogP contribution in [0, 0.1) is 20.8 Å². The summed E-state index contributed by atoms with van der Waals surface area (Å²) in [6.07, 6.45) is 0. The summed E-state index contributed by atoms with van der Waals surface area (Å²) in [7, 11) is 0. The average molecular weight is 475 g/mol. The number of rotatable bonds is 4. The van der Waals surface area contributed by atoms with Crippen LogP contribution in [-0.2, 0) is 6.54 Å². The summed E-state index contributed by atoms with van der Waals surface area (Å²) in [6.45, 7) is 6.24. The molecule has 0 unspecified atom stereocenters. The molecule has 0 fully saturated rings. The number of nitrogens with one attached hydrogen (secondary N) is 1. The second-order valence-electron chi connectivity index (χ2n) is 7.85. The summed E-state index contributed by atoms with van der Waals surface area (Å²) < 4.78 is 0.719. The molecule has 0 radical (unpaired) electrons. The number of amides is 1. The van der Waals surface area contributed by atoms with Crippen molar-refractivity contribution in [2.24, 2.45) is 0 Å². The first-order valence-electron chi connectivity index (χ1n) is 10.1. The normalized spacial score (nSPS) is 11.0. The van der Waals surface area contributed by atoms with Crippen LogP contribution in [0.5, 0.6) is 0 Å². The number of aromatic amines is 1. The van der Waals surface area contributed by atoms with E-state index >= 15 is 0 Å². The third-order valence-corrected chi connectivity index (χ3v) is 6.25. The van der Waals surface area contributed by atoms with Crippen LogP contribution in [0.2, 0.25) is 0 Å². The predicted molar refractivity (Wildman–Crippen MR) is 130 cm³/mol. The number of carbonyl (C=O) groups is 1. The number of H-pyrrole nitrogens is 1. The Labute approximate surface area is 189 Å². The molecule has 0 saturated carbocycles. The maximum absolute atomic E-state index is 13.6. The summed E-state index contributed by atoms with van der Waals surface area (Å²) in [5, 5.41) is 0.947. The van der Waals surface area contributed by atoms with Gasteiger partial charge < -0.3 is 9.88 Å². The lowest BCUT2D eigenvalue weighted by atomic mass is 10.1. The Morgan fingerprint density at radius 2 is 1.71 bits per heavy atom. The molecule has 0 aliphatic heterocycles. The topological polar surface area (TPSA) is 53.2 Å². The number of halogens is 1. The Balaban J connectivity index is 1.83. The smallest absolute Gasteiger partial charge is 0.259 e. The van der Waals surface area contributed by atoms with E-state index in [1.165, 1.54) is 0 Å². The largest absolute Gasteiger partial charge is 0.322 e. The predicted octanol–water partition coefficient (Wildman–Crippen LogP) is 6.06. The first-order valence-corrected chi connectivity index (χ1v) is 10.9. The fourth-order valence-electron chi connectivity index (χ4n) is 3.61. The van der Waals surface area contributed by atoms with Crippen molar-refractivity contribution in [2.75, 3.05) is 4.90 Å². The molecular formula is C26H23BrN2O2. The summed E-state index contributed by atoms with van der Waals surface area (Å²) in [5.74, 6) is -0.167. The zero-order valence-electron chi connectivity index (χ0n) is 17.7. The molecule has 0 aliphatic carbocycles. The van der Waals surface area contributed by atoms with Gasteiger partial charge in [0.1, 0.15) is 0 Å². The molecule has 4 aromatic rings. The van der Waals surface area contributed by atoms with Gasteiger partial charge in [-0.25, -0.2) is 0 Å². The minimum absolute atomic E-state index is 0.167. The Hall–Kier alpha value is -3.18. The Kier molecular flexibility index (Phi) is 5.79. The van der Waals surface area contributed by atoms with E-state index in [9.17, 15) is 9.59 Å². The third kappa shape index (κ3) is 4.32. The van der Waals surface area contributed by atoms with Crippen molar-refractivity contribution in [3.8, 4) is 0 Å². The van der Waals surface area contributed by atoms with Crippen LogP contribution >= 0.6 is 15.9 Å². The first kappa shape index (κ1) is 21.1. The number of anilines is 1. The van der Waals surface area contributed by atoms with Gasteiger partial charge in [0.15, 0.2) is 0 Å². The van der Waals surface area contributed by atoms with Gasteiger partial charge in [-0.2, -0.15) is 0 Å². The van der Waals surface area contributed by atoms with Gasteiger partial charge in [0, 0.05) is 21.2 Å². The summed E-state index contributed by atoms with van der Waals surface area (Å²) in [4.78, 5) is 31.0. The number of carbonyl (C=O) groups excluding carboxylic acids is 1. The highest BCUT2D eigenvalue weighted by molar-refractivity contribution is 9.10. The molecule has 1 aromatic heterocycles. The summed E-state index contributed by atoms with van der Waals surface area (Å²) in [6, 6.07) is 21.0. The first-order chi connectivity index (χ1) is 14.8. The molecule has 3 aromatic carbocycles. The molecule has 1 N–H and O–H groups in total. The molecule has 0 spiro atoms. The van der Waals surface area contributed by atoms with Gasteiger partial charge in [-0.1, -0.05) is 29.8 Å². The van der Waals surface area contributed by atoms with Gasteiger partial charge in [-0.05, 0) is 95.7 Å². The van der Waals surface area contributed by atoms with Crippen LogP contribution in [0.4, 0.5) is 5.69 Å².